The van der Waals surface area contributed by atoms with Crippen LogP contribution in [0.4, 0.5) is 0 Å². The molecule has 0 radical (unpaired) electrons. The van der Waals surface area contributed by atoms with Gasteiger partial charge in [-0.3, -0.25) is 19.3 Å². The highest BCUT2D eigenvalue weighted by atomic mass is 16.2. The van der Waals surface area contributed by atoms with E-state index in [1.807, 2.05) is 49.1 Å². The van der Waals surface area contributed by atoms with Crippen LogP contribution in [0.15, 0.2) is 42.5 Å². The topological polar surface area (TPSA) is 57.7 Å². The third-order valence-electron chi connectivity index (χ3n) is 6.67. The van der Waals surface area contributed by atoms with Crippen LogP contribution in [0.5, 0.6) is 0 Å². The molecule has 154 valence electrons. The van der Waals surface area contributed by atoms with E-state index in [1.165, 1.54) is 4.90 Å². The molecule has 1 aromatic rings. The Morgan fingerprint density at radius 1 is 1.00 bits per heavy atom. The summed E-state index contributed by atoms with van der Waals surface area (Å²) < 4.78 is 0. The number of benzene rings is 1. The minimum Gasteiger partial charge on any atom is -0.341 e. The molecule has 2 aliphatic carbocycles. The Kier molecular flexibility index (Phi) is 5.57. The van der Waals surface area contributed by atoms with Crippen molar-refractivity contribution in [3.05, 3.63) is 48.0 Å². The van der Waals surface area contributed by atoms with Gasteiger partial charge in [0.15, 0.2) is 0 Å². The van der Waals surface area contributed by atoms with E-state index in [2.05, 4.69) is 12.2 Å². The summed E-state index contributed by atoms with van der Waals surface area (Å²) in [6.07, 6.45) is 7.17. The van der Waals surface area contributed by atoms with E-state index in [0.717, 1.165) is 24.8 Å². The van der Waals surface area contributed by atoms with Crippen molar-refractivity contribution in [1.29, 1.82) is 0 Å². The highest BCUT2D eigenvalue weighted by Crippen LogP contribution is 2.53. The maximum atomic E-state index is 13.6. The maximum absolute atomic E-state index is 13.6. The zero-order valence-electron chi connectivity index (χ0n) is 17.3. The van der Waals surface area contributed by atoms with E-state index in [9.17, 15) is 14.4 Å². The molecule has 1 heterocycles. The Bertz CT molecular complexity index is 783. The van der Waals surface area contributed by atoms with Crippen molar-refractivity contribution in [2.75, 3.05) is 13.1 Å². The molecule has 0 unspecified atom stereocenters. The van der Waals surface area contributed by atoms with Crippen LogP contribution >= 0.6 is 0 Å². The second-order valence-electron chi connectivity index (χ2n) is 8.58. The Morgan fingerprint density at radius 2 is 1.55 bits per heavy atom. The van der Waals surface area contributed by atoms with Crippen molar-refractivity contribution in [3.8, 4) is 0 Å². The normalized spacial score (nSPS) is 28.1. The van der Waals surface area contributed by atoms with Crippen LogP contribution in [0.3, 0.4) is 0 Å². The average Bonchev–Trinajstić information content (AvgIpc) is 3.41. The molecule has 0 spiro atoms. The van der Waals surface area contributed by atoms with Gasteiger partial charge in [-0.15, -0.1) is 0 Å². The quantitative estimate of drug-likeness (QED) is 0.503. The van der Waals surface area contributed by atoms with Crippen LogP contribution in [0.25, 0.3) is 0 Å². The van der Waals surface area contributed by atoms with Crippen molar-refractivity contribution in [2.45, 2.75) is 45.6 Å². The molecule has 3 amide bonds. The summed E-state index contributed by atoms with van der Waals surface area (Å²) in [5.41, 5.74) is 0.970. The van der Waals surface area contributed by atoms with Gasteiger partial charge < -0.3 is 4.90 Å². The molecule has 2 fully saturated rings. The van der Waals surface area contributed by atoms with Gasteiger partial charge in [-0.05, 0) is 36.7 Å². The first kappa shape index (κ1) is 19.9. The Morgan fingerprint density at radius 3 is 2.07 bits per heavy atom. The van der Waals surface area contributed by atoms with Gasteiger partial charge >= 0.3 is 0 Å². The Balaban J connectivity index is 1.66. The summed E-state index contributed by atoms with van der Waals surface area (Å²) in [4.78, 5) is 43.5. The number of hydrogen-bond acceptors (Lipinski definition) is 3. The number of likely N-dealkylation sites (tertiary alicyclic amines) is 1. The van der Waals surface area contributed by atoms with Crippen LogP contribution in [-0.2, 0) is 20.8 Å². The van der Waals surface area contributed by atoms with Crippen LogP contribution in [0.1, 0.15) is 38.7 Å². The lowest BCUT2D eigenvalue weighted by Crippen LogP contribution is -2.53. The molecule has 3 aliphatic rings. The van der Waals surface area contributed by atoms with Gasteiger partial charge in [-0.2, -0.15) is 0 Å². The average molecular weight is 395 g/mol. The van der Waals surface area contributed by atoms with Crippen molar-refractivity contribution < 1.29 is 14.4 Å². The smallest absolute Gasteiger partial charge is 0.246 e. The van der Waals surface area contributed by atoms with Gasteiger partial charge in [-0.25, -0.2) is 0 Å². The fourth-order valence-corrected chi connectivity index (χ4v) is 5.44. The summed E-state index contributed by atoms with van der Waals surface area (Å²) in [6.45, 7) is 5.38. The lowest BCUT2D eigenvalue weighted by atomic mass is 9.85. The number of fused-ring (bicyclic) bond motifs is 5. The predicted molar refractivity (Wildman–Crippen MR) is 111 cm³/mol. The number of imide groups is 1. The lowest BCUT2D eigenvalue weighted by molar-refractivity contribution is -0.152. The molecule has 2 bridgehead atoms. The largest absolute Gasteiger partial charge is 0.341 e. The summed E-state index contributed by atoms with van der Waals surface area (Å²) in [5.74, 6) is -0.607. The Labute approximate surface area is 172 Å². The SMILES string of the molecule is CCCN(CCC)C(=O)[C@H](Cc1ccccc1)N1C(=O)[C@@H]2[C@@H](C1=O)[C@H]1C=C[C@H]2C1. The van der Waals surface area contributed by atoms with E-state index >= 15 is 0 Å². The van der Waals surface area contributed by atoms with Crippen molar-refractivity contribution in [1.82, 2.24) is 9.80 Å². The minimum atomic E-state index is -0.750. The summed E-state index contributed by atoms with van der Waals surface area (Å²) >= 11 is 0. The van der Waals surface area contributed by atoms with E-state index in [0.29, 0.717) is 19.5 Å². The first-order valence-electron chi connectivity index (χ1n) is 10.9. The summed E-state index contributed by atoms with van der Waals surface area (Å²) in [6, 6.07) is 8.96. The van der Waals surface area contributed by atoms with Crippen LogP contribution in [-0.4, -0.2) is 46.7 Å². The molecule has 1 aromatic carbocycles. The third-order valence-corrected chi connectivity index (χ3v) is 6.67. The van der Waals surface area contributed by atoms with Crippen molar-refractivity contribution in [3.63, 3.8) is 0 Å². The van der Waals surface area contributed by atoms with Crippen LogP contribution in [0, 0.1) is 23.7 Å². The first-order chi connectivity index (χ1) is 14.1. The van der Waals surface area contributed by atoms with Gasteiger partial charge in [-0.1, -0.05) is 56.3 Å². The van der Waals surface area contributed by atoms with Crippen molar-refractivity contribution >= 4 is 17.7 Å². The second kappa shape index (κ2) is 8.13. The predicted octanol–water partition coefficient (Wildman–Crippen LogP) is 3.05. The highest BCUT2D eigenvalue weighted by Gasteiger charge is 2.61. The third kappa shape index (κ3) is 3.41. The number of hydrogen-bond donors (Lipinski definition) is 0. The van der Waals surface area contributed by atoms with E-state index < -0.39 is 6.04 Å². The number of carbonyl (C=O) groups excluding carboxylic acids is 3. The molecular weight excluding hydrogens is 364 g/mol. The number of amides is 3. The molecule has 5 heteroatoms. The lowest BCUT2D eigenvalue weighted by Gasteiger charge is -2.32. The van der Waals surface area contributed by atoms with E-state index in [1.54, 1.807) is 0 Å². The monoisotopic (exact) mass is 394 g/mol. The summed E-state index contributed by atoms with van der Waals surface area (Å²) in [5, 5.41) is 0. The molecule has 5 nitrogen and oxygen atoms in total. The number of carbonyl (C=O) groups is 3. The molecule has 1 saturated heterocycles. The highest BCUT2D eigenvalue weighted by molar-refractivity contribution is 6.09. The molecular formula is C24H30N2O3. The van der Waals surface area contributed by atoms with Gasteiger partial charge in [0.05, 0.1) is 11.8 Å². The fourth-order valence-electron chi connectivity index (χ4n) is 5.44. The number of allylic oxidation sites excluding steroid dienone is 2. The maximum Gasteiger partial charge on any atom is 0.246 e. The standard InChI is InChI=1S/C24H30N2O3/c1-3-12-25(13-4-2)22(27)19(14-16-8-6-5-7-9-16)26-23(28)20-17-10-11-18(15-17)21(20)24(26)29/h5-11,17-21H,3-4,12-15H2,1-2H3/t17-,18-,19-,20-,21-/m0/s1. The zero-order chi connectivity index (χ0) is 20.5. The Hall–Kier alpha value is -2.43. The minimum absolute atomic E-state index is 0.0977. The molecule has 29 heavy (non-hydrogen) atoms. The van der Waals surface area contributed by atoms with Gasteiger partial charge in [0, 0.05) is 19.5 Å². The van der Waals surface area contributed by atoms with Crippen LogP contribution < -0.4 is 0 Å². The molecule has 5 atom stereocenters. The molecule has 1 saturated carbocycles. The second-order valence-corrected chi connectivity index (χ2v) is 8.58. The summed E-state index contributed by atoms with van der Waals surface area (Å²) in [7, 11) is 0. The van der Waals surface area contributed by atoms with Gasteiger partial charge in [0.1, 0.15) is 6.04 Å². The molecule has 1 aliphatic heterocycles. The van der Waals surface area contributed by atoms with E-state index in [-0.39, 0.29) is 41.4 Å². The zero-order valence-corrected chi connectivity index (χ0v) is 17.3. The fraction of sp³-hybridized carbons (Fsp3) is 0.542. The molecule has 4 rings (SSSR count). The van der Waals surface area contributed by atoms with Crippen LogP contribution in [0.2, 0.25) is 0 Å². The molecule has 0 N–H and O–H groups in total. The number of rotatable bonds is 8. The van der Waals surface area contributed by atoms with Gasteiger partial charge in [0.25, 0.3) is 0 Å². The molecule has 0 aromatic heterocycles. The van der Waals surface area contributed by atoms with Crippen molar-refractivity contribution in [2.24, 2.45) is 23.7 Å². The first-order valence-corrected chi connectivity index (χ1v) is 10.9. The number of nitrogens with zero attached hydrogens (tertiary/aromatic N) is 2. The van der Waals surface area contributed by atoms with Gasteiger partial charge in [0.2, 0.25) is 17.7 Å². The van der Waals surface area contributed by atoms with E-state index in [4.69, 9.17) is 0 Å².